The molecule has 2 N–H and O–H groups in total. The van der Waals surface area contributed by atoms with Gasteiger partial charge in [0.1, 0.15) is 5.76 Å². The fourth-order valence-electron chi connectivity index (χ4n) is 4.79. The number of carbonyl (C=O) groups is 2. The van der Waals surface area contributed by atoms with Crippen molar-refractivity contribution in [3.8, 4) is 11.1 Å². The normalized spacial score (nSPS) is 11.3. The number of esters is 1. The molecule has 0 spiro atoms. The van der Waals surface area contributed by atoms with Gasteiger partial charge in [-0.25, -0.2) is 0 Å². The summed E-state index contributed by atoms with van der Waals surface area (Å²) in [7, 11) is 1.37. The van der Waals surface area contributed by atoms with Crippen LogP contribution in [-0.4, -0.2) is 28.7 Å². The first kappa shape index (κ1) is 22.4. The second-order valence-corrected chi connectivity index (χ2v) is 8.66. The van der Waals surface area contributed by atoms with Crippen molar-refractivity contribution in [2.24, 2.45) is 5.73 Å². The Morgan fingerprint density at radius 2 is 1.77 bits per heavy atom. The van der Waals surface area contributed by atoms with Crippen molar-refractivity contribution in [3.05, 3.63) is 88.8 Å². The summed E-state index contributed by atoms with van der Waals surface area (Å²) in [4.78, 5) is 24.7. The molecule has 5 rings (SSSR count). The van der Waals surface area contributed by atoms with E-state index in [1.807, 2.05) is 50.2 Å². The number of benzene rings is 3. The summed E-state index contributed by atoms with van der Waals surface area (Å²) in [5.74, 6) is -0.183. The molecule has 0 aliphatic heterocycles. The molecule has 0 saturated carbocycles. The van der Waals surface area contributed by atoms with Gasteiger partial charge in [0.15, 0.2) is 0 Å². The van der Waals surface area contributed by atoms with Gasteiger partial charge in [-0.3, -0.25) is 9.59 Å². The number of fused-ring (bicyclic) bond motifs is 3. The number of nitrogens with two attached hydrogens (primary N) is 1. The predicted molar refractivity (Wildman–Crippen MR) is 134 cm³/mol. The van der Waals surface area contributed by atoms with E-state index in [0.717, 1.165) is 49.8 Å². The molecule has 7 nitrogen and oxygen atoms in total. The molecule has 176 valence electrons. The highest BCUT2D eigenvalue weighted by Crippen LogP contribution is 2.38. The first-order valence-electron chi connectivity index (χ1n) is 11.3. The number of carbonyl (C=O) groups excluding carboxylic acids is 2. The van der Waals surface area contributed by atoms with Crippen LogP contribution in [0.5, 0.6) is 0 Å². The van der Waals surface area contributed by atoms with Crippen molar-refractivity contribution in [2.75, 3.05) is 7.11 Å². The van der Waals surface area contributed by atoms with Gasteiger partial charge in [-0.05, 0) is 54.8 Å². The van der Waals surface area contributed by atoms with Crippen molar-refractivity contribution in [3.63, 3.8) is 0 Å². The average molecular weight is 468 g/mol. The highest BCUT2D eigenvalue weighted by molar-refractivity contribution is 6.19. The largest absolute Gasteiger partial charge is 0.469 e. The maximum absolute atomic E-state index is 12.7. The molecule has 5 aromatic rings. The van der Waals surface area contributed by atoms with Gasteiger partial charge in [0.25, 0.3) is 0 Å². The summed E-state index contributed by atoms with van der Waals surface area (Å²) in [6.07, 6.45) is 0.140. The first-order valence-corrected chi connectivity index (χ1v) is 11.3. The highest BCUT2D eigenvalue weighted by Gasteiger charge is 2.22. The SMILES string of the molecule is COC(=O)Cc1ccc2c(c1)c1c(C(N)=O)cc(-c3c(C)noc3C)cc1n2Cc1ccccc1. The number of ether oxygens (including phenoxy) is 1. The summed E-state index contributed by atoms with van der Waals surface area (Å²) in [5.41, 5.74) is 12.4. The van der Waals surface area contributed by atoms with Gasteiger partial charge < -0.3 is 19.6 Å². The quantitative estimate of drug-likeness (QED) is 0.357. The van der Waals surface area contributed by atoms with Crippen molar-refractivity contribution >= 4 is 33.7 Å². The van der Waals surface area contributed by atoms with Gasteiger partial charge in [-0.2, -0.15) is 0 Å². The number of hydrogen-bond donors (Lipinski definition) is 1. The number of aromatic nitrogens is 2. The van der Waals surface area contributed by atoms with E-state index in [1.54, 1.807) is 6.07 Å². The lowest BCUT2D eigenvalue weighted by atomic mass is 9.97. The van der Waals surface area contributed by atoms with Crippen LogP contribution in [0.25, 0.3) is 32.9 Å². The Kier molecular flexibility index (Phi) is 5.61. The van der Waals surface area contributed by atoms with Crippen LogP contribution in [0, 0.1) is 13.8 Å². The van der Waals surface area contributed by atoms with Crippen molar-refractivity contribution in [1.29, 1.82) is 0 Å². The van der Waals surface area contributed by atoms with Gasteiger partial charge >= 0.3 is 5.97 Å². The Morgan fingerprint density at radius 3 is 2.43 bits per heavy atom. The minimum absolute atomic E-state index is 0.140. The van der Waals surface area contributed by atoms with Crippen LogP contribution < -0.4 is 5.73 Å². The van der Waals surface area contributed by atoms with Crippen LogP contribution in [-0.2, 0) is 22.5 Å². The molecule has 0 aliphatic rings. The van der Waals surface area contributed by atoms with Crippen LogP contribution in [0.1, 0.15) is 32.9 Å². The molecule has 2 aromatic heterocycles. The van der Waals surface area contributed by atoms with Gasteiger partial charge in [-0.15, -0.1) is 0 Å². The van der Waals surface area contributed by atoms with E-state index < -0.39 is 5.91 Å². The second-order valence-electron chi connectivity index (χ2n) is 8.66. The molecular weight excluding hydrogens is 442 g/mol. The lowest BCUT2D eigenvalue weighted by Crippen LogP contribution is -2.12. The number of methoxy groups -OCH3 is 1. The van der Waals surface area contributed by atoms with Crippen LogP contribution >= 0.6 is 0 Å². The predicted octanol–water partition coefficient (Wildman–Crippen LogP) is 4.93. The molecule has 0 saturated heterocycles. The molecule has 35 heavy (non-hydrogen) atoms. The molecule has 7 heteroatoms. The fraction of sp³-hybridized carbons (Fsp3) is 0.179. The fourth-order valence-corrected chi connectivity index (χ4v) is 4.79. The zero-order chi connectivity index (χ0) is 24.7. The third kappa shape index (κ3) is 3.95. The molecule has 2 heterocycles. The Hall–Kier alpha value is -4.39. The number of amides is 1. The van der Waals surface area contributed by atoms with Crippen LogP contribution in [0.4, 0.5) is 0 Å². The third-order valence-electron chi connectivity index (χ3n) is 6.38. The Labute approximate surface area is 202 Å². The number of nitrogens with zero attached hydrogens (tertiary/aromatic N) is 2. The van der Waals surface area contributed by atoms with Crippen LogP contribution in [0.3, 0.4) is 0 Å². The van der Waals surface area contributed by atoms with Crippen molar-refractivity contribution < 1.29 is 18.8 Å². The topological polar surface area (TPSA) is 100 Å². The van der Waals surface area contributed by atoms with Gasteiger partial charge in [0.05, 0.1) is 24.7 Å². The Morgan fingerprint density at radius 1 is 1.00 bits per heavy atom. The van der Waals surface area contributed by atoms with Crippen molar-refractivity contribution in [2.45, 2.75) is 26.8 Å². The van der Waals surface area contributed by atoms with E-state index in [-0.39, 0.29) is 12.4 Å². The molecular formula is C28H25N3O4. The second kappa shape index (κ2) is 8.76. The maximum atomic E-state index is 12.7. The Bertz CT molecular complexity index is 1580. The van der Waals surface area contributed by atoms with Crippen LogP contribution in [0.2, 0.25) is 0 Å². The van der Waals surface area contributed by atoms with Crippen molar-refractivity contribution in [1.82, 2.24) is 9.72 Å². The lowest BCUT2D eigenvalue weighted by Gasteiger charge is -2.10. The summed E-state index contributed by atoms with van der Waals surface area (Å²) in [5, 5.41) is 5.70. The monoisotopic (exact) mass is 467 g/mol. The van der Waals surface area contributed by atoms with E-state index in [2.05, 4.69) is 27.9 Å². The molecule has 1 amide bonds. The number of primary amides is 1. The number of aryl methyl sites for hydroxylation is 2. The molecule has 0 unspecified atom stereocenters. The minimum Gasteiger partial charge on any atom is -0.469 e. The summed E-state index contributed by atoms with van der Waals surface area (Å²) in [6, 6.07) is 19.8. The third-order valence-corrected chi connectivity index (χ3v) is 6.38. The van der Waals surface area contributed by atoms with Gasteiger partial charge in [0.2, 0.25) is 5.91 Å². The molecule has 0 fully saturated rings. The van der Waals surface area contributed by atoms with E-state index in [4.69, 9.17) is 15.0 Å². The molecule has 0 radical (unpaired) electrons. The number of hydrogen-bond acceptors (Lipinski definition) is 5. The summed E-state index contributed by atoms with van der Waals surface area (Å²) < 4.78 is 12.4. The molecule has 0 aliphatic carbocycles. The molecule has 0 bridgehead atoms. The molecule has 3 aromatic carbocycles. The summed E-state index contributed by atoms with van der Waals surface area (Å²) in [6.45, 7) is 4.32. The molecule has 0 atom stereocenters. The number of rotatable bonds is 6. The summed E-state index contributed by atoms with van der Waals surface area (Å²) >= 11 is 0. The first-order chi connectivity index (χ1) is 16.9. The maximum Gasteiger partial charge on any atom is 0.309 e. The Balaban J connectivity index is 1.85. The van der Waals surface area contributed by atoms with Crippen LogP contribution in [0.15, 0.2) is 65.2 Å². The smallest absolute Gasteiger partial charge is 0.309 e. The zero-order valence-electron chi connectivity index (χ0n) is 19.8. The van der Waals surface area contributed by atoms with E-state index >= 15 is 0 Å². The van der Waals surface area contributed by atoms with E-state index in [0.29, 0.717) is 17.9 Å². The highest BCUT2D eigenvalue weighted by atomic mass is 16.5. The van der Waals surface area contributed by atoms with Gasteiger partial charge in [-0.1, -0.05) is 41.6 Å². The van der Waals surface area contributed by atoms with E-state index in [1.165, 1.54) is 7.11 Å². The average Bonchev–Trinajstić information content (AvgIpc) is 3.35. The van der Waals surface area contributed by atoms with Gasteiger partial charge in [0, 0.05) is 34.0 Å². The minimum atomic E-state index is -0.527. The lowest BCUT2D eigenvalue weighted by molar-refractivity contribution is -0.139. The standard InChI is InChI=1S/C28H25N3O4/c1-16-26(17(2)35-30-16)20-13-22(28(29)33)27-21-11-19(12-25(32)34-3)9-10-23(21)31(24(27)14-20)15-18-7-5-4-6-8-18/h4-11,13-14H,12,15H2,1-3H3,(H2,29,33). The van der Waals surface area contributed by atoms with E-state index in [9.17, 15) is 9.59 Å². The zero-order valence-corrected chi connectivity index (χ0v) is 19.8.